The minimum Gasteiger partial charge on any atom is -0.378 e. The van der Waals surface area contributed by atoms with Crippen LogP contribution in [-0.4, -0.2) is 60.6 Å². The van der Waals surface area contributed by atoms with Crippen molar-refractivity contribution in [1.29, 1.82) is 0 Å². The number of morpholine rings is 1. The van der Waals surface area contributed by atoms with Crippen LogP contribution in [0.25, 0.3) is 0 Å². The Balaban J connectivity index is 1.63. The molecule has 2 aliphatic rings. The number of imide groups is 1. The minimum absolute atomic E-state index is 0.346. The SMILES string of the molecule is CCCC[C@@]1(C)NC(=O)N([C@@H](C)C(=O)Nc2ccc(N3CCOCC3)cc2)C1=O. The van der Waals surface area contributed by atoms with Gasteiger partial charge in [-0.05, 0) is 44.5 Å². The largest absolute Gasteiger partial charge is 0.378 e. The van der Waals surface area contributed by atoms with E-state index in [1.54, 1.807) is 13.8 Å². The van der Waals surface area contributed by atoms with Crippen molar-refractivity contribution in [3.63, 3.8) is 0 Å². The fourth-order valence-electron chi connectivity index (χ4n) is 3.70. The molecule has 3 rings (SSSR count). The molecule has 2 saturated heterocycles. The van der Waals surface area contributed by atoms with E-state index < -0.39 is 23.5 Å². The van der Waals surface area contributed by atoms with Crippen molar-refractivity contribution in [2.24, 2.45) is 0 Å². The number of hydrogen-bond acceptors (Lipinski definition) is 5. The molecule has 0 aromatic heterocycles. The van der Waals surface area contributed by atoms with Gasteiger partial charge in [0.1, 0.15) is 11.6 Å². The summed E-state index contributed by atoms with van der Waals surface area (Å²) in [7, 11) is 0. The molecular weight excluding hydrogens is 372 g/mol. The number of nitrogens with one attached hydrogen (secondary N) is 2. The number of ether oxygens (including phenoxy) is 1. The summed E-state index contributed by atoms with van der Waals surface area (Å²) in [5, 5.41) is 5.55. The lowest BCUT2D eigenvalue weighted by Gasteiger charge is -2.29. The summed E-state index contributed by atoms with van der Waals surface area (Å²) >= 11 is 0. The van der Waals surface area contributed by atoms with Gasteiger partial charge in [-0.25, -0.2) is 9.69 Å². The van der Waals surface area contributed by atoms with E-state index in [2.05, 4.69) is 15.5 Å². The smallest absolute Gasteiger partial charge is 0.325 e. The molecule has 0 unspecified atom stereocenters. The maximum absolute atomic E-state index is 12.8. The van der Waals surface area contributed by atoms with Crippen molar-refractivity contribution in [3.8, 4) is 0 Å². The second-order valence-electron chi connectivity index (χ2n) is 7.85. The Labute approximate surface area is 171 Å². The normalized spacial score (nSPS) is 23.1. The number of nitrogens with zero attached hydrogens (tertiary/aromatic N) is 2. The summed E-state index contributed by atoms with van der Waals surface area (Å²) < 4.78 is 5.36. The van der Waals surface area contributed by atoms with E-state index in [-0.39, 0.29) is 5.91 Å². The molecule has 2 N–H and O–H groups in total. The summed E-state index contributed by atoms with van der Waals surface area (Å²) in [5.74, 6) is -0.742. The fraction of sp³-hybridized carbons (Fsp3) is 0.571. The first-order valence-electron chi connectivity index (χ1n) is 10.2. The minimum atomic E-state index is -0.943. The monoisotopic (exact) mass is 402 g/mol. The third kappa shape index (κ3) is 4.53. The second-order valence-corrected chi connectivity index (χ2v) is 7.85. The summed E-state index contributed by atoms with van der Waals surface area (Å²) in [6.45, 7) is 8.41. The van der Waals surface area contributed by atoms with E-state index in [4.69, 9.17) is 4.74 Å². The van der Waals surface area contributed by atoms with Crippen LogP contribution in [0.15, 0.2) is 24.3 Å². The lowest BCUT2D eigenvalue weighted by molar-refractivity contribution is -0.136. The highest BCUT2D eigenvalue weighted by molar-refractivity contribution is 6.11. The predicted molar refractivity (Wildman–Crippen MR) is 111 cm³/mol. The van der Waals surface area contributed by atoms with Crippen LogP contribution < -0.4 is 15.5 Å². The van der Waals surface area contributed by atoms with Crippen LogP contribution in [0.2, 0.25) is 0 Å². The van der Waals surface area contributed by atoms with Gasteiger partial charge in [-0.2, -0.15) is 0 Å². The lowest BCUT2D eigenvalue weighted by Crippen LogP contribution is -2.48. The van der Waals surface area contributed by atoms with E-state index in [0.29, 0.717) is 25.3 Å². The van der Waals surface area contributed by atoms with E-state index in [0.717, 1.165) is 36.5 Å². The number of carbonyl (C=O) groups is 3. The number of benzene rings is 1. The molecule has 8 heteroatoms. The molecule has 2 aliphatic heterocycles. The van der Waals surface area contributed by atoms with Crippen molar-refractivity contribution in [2.45, 2.75) is 51.6 Å². The van der Waals surface area contributed by atoms with Gasteiger partial charge in [0.15, 0.2) is 0 Å². The Kier molecular flexibility index (Phi) is 6.42. The number of rotatable bonds is 7. The molecule has 0 saturated carbocycles. The van der Waals surface area contributed by atoms with Crippen molar-refractivity contribution in [3.05, 3.63) is 24.3 Å². The first kappa shape index (κ1) is 21.1. The van der Waals surface area contributed by atoms with Crippen molar-refractivity contribution in [1.82, 2.24) is 10.2 Å². The first-order chi connectivity index (χ1) is 13.9. The summed E-state index contributed by atoms with van der Waals surface area (Å²) in [6.07, 6.45) is 2.31. The van der Waals surface area contributed by atoms with E-state index in [1.165, 1.54) is 0 Å². The summed E-state index contributed by atoms with van der Waals surface area (Å²) in [5.41, 5.74) is 0.751. The molecule has 0 radical (unpaired) electrons. The molecule has 2 fully saturated rings. The van der Waals surface area contributed by atoms with Gasteiger partial charge in [0.05, 0.1) is 13.2 Å². The number of anilines is 2. The Bertz CT molecular complexity index is 760. The van der Waals surface area contributed by atoms with Crippen LogP contribution in [0, 0.1) is 0 Å². The van der Waals surface area contributed by atoms with E-state index >= 15 is 0 Å². The highest BCUT2D eigenvalue weighted by Gasteiger charge is 2.50. The summed E-state index contributed by atoms with van der Waals surface area (Å²) in [4.78, 5) is 41.1. The molecule has 1 aromatic rings. The topological polar surface area (TPSA) is 91.0 Å². The molecule has 2 heterocycles. The third-order valence-corrected chi connectivity index (χ3v) is 5.60. The van der Waals surface area contributed by atoms with Gasteiger partial charge >= 0.3 is 6.03 Å². The zero-order valence-corrected chi connectivity index (χ0v) is 17.4. The zero-order chi connectivity index (χ0) is 21.0. The number of urea groups is 1. The second kappa shape index (κ2) is 8.82. The molecule has 29 heavy (non-hydrogen) atoms. The Hall–Kier alpha value is -2.61. The quantitative estimate of drug-likeness (QED) is 0.683. The first-order valence-corrected chi connectivity index (χ1v) is 10.2. The van der Waals surface area contributed by atoms with Crippen LogP contribution >= 0.6 is 0 Å². The van der Waals surface area contributed by atoms with Crippen LogP contribution in [0.1, 0.15) is 40.0 Å². The molecule has 0 bridgehead atoms. The average Bonchev–Trinajstić information content (AvgIpc) is 2.95. The maximum Gasteiger partial charge on any atom is 0.325 e. The highest BCUT2D eigenvalue weighted by atomic mass is 16.5. The fourth-order valence-corrected chi connectivity index (χ4v) is 3.70. The van der Waals surface area contributed by atoms with Crippen molar-refractivity contribution < 1.29 is 19.1 Å². The van der Waals surface area contributed by atoms with Gasteiger partial charge in [0.2, 0.25) is 5.91 Å². The van der Waals surface area contributed by atoms with Gasteiger partial charge in [0.25, 0.3) is 5.91 Å². The van der Waals surface area contributed by atoms with Gasteiger partial charge < -0.3 is 20.3 Å². The molecule has 2 atom stereocenters. The number of carbonyl (C=O) groups excluding carboxylic acids is 3. The zero-order valence-electron chi connectivity index (χ0n) is 17.4. The molecule has 8 nitrogen and oxygen atoms in total. The number of amides is 4. The van der Waals surface area contributed by atoms with Crippen LogP contribution in [0.5, 0.6) is 0 Å². The molecular formula is C21H30N4O4. The molecule has 158 valence electrons. The Morgan fingerprint density at radius 3 is 2.52 bits per heavy atom. The van der Waals surface area contributed by atoms with E-state index in [1.807, 2.05) is 31.2 Å². The van der Waals surface area contributed by atoms with Gasteiger partial charge in [-0.3, -0.25) is 9.59 Å². The van der Waals surface area contributed by atoms with Gasteiger partial charge in [-0.1, -0.05) is 19.8 Å². The van der Waals surface area contributed by atoms with Gasteiger partial charge in [0, 0.05) is 24.5 Å². The molecule has 4 amide bonds. The van der Waals surface area contributed by atoms with Crippen molar-refractivity contribution in [2.75, 3.05) is 36.5 Å². The van der Waals surface area contributed by atoms with Crippen molar-refractivity contribution >= 4 is 29.2 Å². The highest BCUT2D eigenvalue weighted by Crippen LogP contribution is 2.26. The Morgan fingerprint density at radius 1 is 1.24 bits per heavy atom. The molecule has 0 spiro atoms. The Morgan fingerprint density at radius 2 is 1.90 bits per heavy atom. The standard InChI is InChI=1S/C21H30N4O4/c1-4-5-10-21(3)19(27)25(20(28)23-21)15(2)18(26)22-16-6-8-17(9-7-16)24-11-13-29-14-12-24/h6-9,15H,4-5,10-14H2,1-3H3,(H,22,26)(H,23,28)/t15-,21+/m0/s1. The average molecular weight is 402 g/mol. The molecule has 1 aromatic carbocycles. The van der Waals surface area contributed by atoms with E-state index in [9.17, 15) is 14.4 Å². The van der Waals surface area contributed by atoms with Crippen LogP contribution in [0.4, 0.5) is 16.2 Å². The number of hydrogen-bond donors (Lipinski definition) is 2. The van der Waals surface area contributed by atoms with Crippen LogP contribution in [-0.2, 0) is 14.3 Å². The lowest BCUT2D eigenvalue weighted by atomic mass is 9.95. The van der Waals surface area contributed by atoms with Crippen LogP contribution in [0.3, 0.4) is 0 Å². The third-order valence-electron chi connectivity index (χ3n) is 5.60. The van der Waals surface area contributed by atoms with Gasteiger partial charge in [-0.15, -0.1) is 0 Å². The maximum atomic E-state index is 12.8. The predicted octanol–water partition coefficient (Wildman–Crippen LogP) is 2.35. The summed E-state index contributed by atoms with van der Waals surface area (Å²) in [6, 6.07) is 6.13. The number of unbranched alkanes of at least 4 members (excludes halogenated alkanes) is 1. The molecule has 0 aliphatic carbocycles.